The van der Waals surface area contributed by atoms with Crippen molar-refractivity contribution in [2.75, 3.05) is 31.3 Å². The van der Waals surface area contributed by atoms with Crippen molar-refractivity contribution in [2.45, 2.75) is 20.3 Å². The van der Waals surface area contributed by atoms with Crippen LogP contribution >= 0.6 is 11.3 Å². The Morgan fingerprint density at radius 1 is 1.44 bits per heavy atom. The van der Waals surface area contributed by atoms with Gasteiger partial charge in [0.2, 0.25) is 0 Å². The average Bonchev–Trinajstić information content (AvgIpc) is 2.66. The highest BCUT2D eigenvalue weighted by molar-refractivity contribution is 7.19. The lowest BCUT2D eigenvalue weighted by atomic mass is 10.2. The summed E-state index contributed by atoms with van der Waals surface area (Å²) in [6, 6.07) is 0. The number of anilines is 2. The number of ether oxygens (including phenoxy) is 1. The molecule has 0 aromatic carbocycles. The molecule has 0 aliphatic carbocycles. The van der Waals surface area contributed by atoms with Crippen LogP contribution in [0.5, 0.6) is 0 Å². The molecule has 5 nitrogen and oxygen atoms in total. The minimum Gasteiger partial charge on any atom is -0.465 e. The molecule has 0 amide bonds. The van der Waals surface area contributed by atoms with E-state index in [2.05, 4.69) is 0 Å². The van der Waals surface area contributed by atoms with Crippen LogP contribution in [0.1, 0.15) is 40.3 Å². The summed E-state index contributed by atoms with van der Waals surface area (Å²) in [6.45, 7) is 4.26. The second-order valence-corrected chi connectivity index (χ2v) is 4.99. The number of Topliss-reactive ketones (excluding diaryl/α,β-unsaturated/α-hetero) is 1. The van der Waals surface area contributed by atoms with E-state index in [1.807, 2.05) is 18.9 Å². The highest BCUT2D eigenvalue weighted by Gasteiger charge is 2.26. The normalized spacial score (nSPS) is 10.2. The van der Waals surface area contributed by atoms with Gasteiger partial charge in [0.15, 0.2) is 5.78 Å². The molecular weight excluding hydrogens is 252 g/mol. The van der Waals surface area contributed by atoms with E-state index in [4.69, 9.17) is 10.5 Å². The molecule has 1 heterocycles. The number of nitrogen functional groups attached to an aromatic ring is 1. The van der Waals surface area contributed by atoms with E-state index in [0.717, 1.165) is 13.0 Å². The largest absolute Gasteiger partial charge is 0.465 e. The van der Waals surface area contributed by atoms with Gasteiger partial charge in [-0.2, -0.15) is 0 Å². The minimum atomic E-state index is -0.505. The quantitative estimate of drug-likeness (QED) is 0.655. The molecule has 0 aliphatic heterocycles. The Morgan fingerprint density at radius 3 is 2.50 bits per heavy atom. The van der Waals surface area contributed by atoms with Crippen LogP contribution in [0.25, 0.3) is 0 Å². The molecule has 0 saturated carbocycles. The summed E-state index contributed by atoms with van der Waals surface area (Å²) >= 11 is 1.24. The summed E-state index contributed by atoms with van der Waals surface area (Å²) in [7, 11) is 3.17. The Kier molecular flexibility index (Phi) is 4.72. The minimum absolute atomic E-state index is 0.140. The molecule has 0 unspecified atom stereocenters. The Hall–Kier alpha value is -1.56. The zero-order valence-corrected chi connectivity index (χ0v) is 11.9. The molecule has 0 atom stereocenters. The molecule has 1 rings (SSSR count). The molecule has 18 heavy (non-hydrogen) atoms. The van der Waals surface area contributed by atoms with Crippen molar-refractivity contribution in [3.63, 3.8) is 0 Å². The smallest absolute Gasteiger partial charge is 0.343 e. The average molecular weight is 270 g/mol. The van der Waals surface area contributed by atoms with Gasteiger partial charge in [-0.25, -0.2) is 4.79 Å². The molecule has 0 spiro atoms. The van der Waals surface area contributed by atoms with Gasteiger partial charge in [-0.1, -0.05) is 6.92 Å². The first-order valence-electron chi connectivity index (χ1n) is 5.66. The van der Waals surface area contributed by atoms with Gasteiger partial charge in [0.1, 0.15) is 10.6 Å². The van der Waals surface area contributed by atoms with E-state index in [1.165, 1.54) is 25.4 Å². The van der Waals surface area contributed by atoms with Crippen LogP contribution in [0.15, 0.2) is 0 Å². The first-order valence-corrected chi connectivity index (χ1v) is 6.48. The third-order valence-electron chi connectivity index (χ3n) is 2.54. The number of carbonyl (C=O) groups excluding carboxylic acids is 2. The molecule has 0 aliphatic rings. The molecule has 1 aromatic heterocycles. The van der Waals surface area contributed by atoms with Crippen molar-refractivity contribution >= 4 is 33.8 Å². The fourth-order valence-electron chi connectivity index (χ4n) is 1.70. The van der Waals surface area contributed by atoms with Crippen LogP contribution in [0.2, 0.25) is 0 Å². The second-order valence-electron chi connectivity index (χ2n) is 3.99. The van der Waals surface area contributed by atoms with Crippen LogP contribution < -0.4 is 10.6 Å². The van der Waals surface area contributed by atoms with Crippen LogP contribution in [0.3, 0.4) is 0 Å². The summed E-state index contributed by atoms with van der Waals surface area (Å²) < 4.78 is 4.73. The fraction of sp³-hybridized carbons (Fsp3) is 0.500. The topological polar surface area (TPSA) is 72.6 Å². The van der Waals surface area contributed by atoms with Gasteiger partial charge in [0.05, 0.1) is 17.7 Å². The van der Waals surface area contributed by atoms with E-state index in [0.29, 0.717) is 15.4 Å². The fourth-order valence-corrected chi connectivity index (χ4v) is 2.79. The monoisotopic (exact) mass is 270 g/mol. The molecule has 1 aromatic rings. The highest BCUT2D eigenvalue weighted by Crippen LogP contribution is 2.38. The van der Waals surface area contributed by atoms with Crippen LogP contribution in [0.4, 0.5) is 10.7 Å². The van der Waals surface area contributed by atoms with Gasteiger partial charge in [-0.05, 0) is 6.42 Å². The number of methoxy groups -OCH3 is 1. The maximum atomic E-state index is 11.8. The number of ketones is 1. The van der Waals surface area contributed by atoms with Crippen molar-refractivity contribution in [3.05, 3.63) is 10.4 Å². The van der Waals surface area contributed by atoms with Crippen molar-refractivity contribution < 1.29 is 14.3 Å². The molecule has 0 radical (unpaired) electrons. The number of esters is 1. The highest BCUT2D eigenvalue weighted by atomic mass is 32.1. The predicted molar refractivity (Wildman–Crippen MR) is 73.6 cm³/mol. The van der Waals surface area contributed by atoms with Gasteiger partial charge in [0, 0.05) is 20.5 Å². The van der Waals surface area contributed by atoms with Gasteiger partial charge < -0.3 is 15.4 Å². The van der Waals surface area contributed by atoms with Crippen LogP contribution in [-0.4, -0.2) is 32.5 Å². The summed E-state index contributed by atoms with van der Waals surface area (Å²) in [4.78, 5) is 25.6. The zero-order chi connectivity index (χ0) is 13.9. The number of hydrogen-bond acceptors (Lipinski definition) is 6. The van der Waals surface area contributed by atoms with Crippen molar-refractivity contribution in [3.8, 4) is 0 Å². The maximum absolute atomic E-state index is 11.8. The zero-order valence-electron chi connectivity index (χ0n) is 11.1. The molecule has 2 N–H and O–H groups in total. The Labute approximate surface area is 111 Å². The summed E-state index contributed by atoms with van der Waals surface area (Å²) in [5, 5.41) is 0.686. The number of thiophene rings is 1. The summed E-state index contributed by atoms with van der Waals surface area (Å²) in [6.07, 6.45) is 0.935. The molecule has 0 bridgehead atoms. The lowest BCUT2D eigenvalue weighted by molar-refractivity contribution is 0.0603. The van der Waals surface area contributed by atoms with E-state index in [9.17, 15) is 9.59 Å². The SMILES string of the molecule is CCCN(C)c1sc(C(C)=O)c(N)c1C(=O)OC. The van der Waals surface area contributed by atoms with Gasteiger partial charge >= 0.3 is 5.97 Å². The molecule has 100 valence electrons. The molecular formula is C12H18N2O3S. The predicted octanol–water partition coefficient (Wildman–Crippen LogP) is 2.17. The van der Waals surface area contributed by atoms with Crippen molar-refractivity contribution in [1.82, 2.24) is 0 Å². The van der Waals surface area contributed by atoms with Gasteiger partial charge in [-0.15, -0.1) is 11.3 Å². The van der Waals surface area contributed by atoms with E-state index in [1.54, 1.807) is 0 Å². The van der Waals surface area contributed by atoms with Crippen LogP contribution in [0, 0.1) is 0 Å². The summed E-state index contributed by atoms with van der Waals surface area (Å²) in [5.41, 5.74) is 6.39. The lowest BCUT2D eigenvalue weighted by Crippen LogP contribution is -2.19. The third kappa shape index (κ3) is 2.64. The van der Waals surface area contributed by atoms with Crippen molar-refractivity contribution in [1.29, 1.82) is 0 Å². The number of hydrogen-bond donors (Lipinski definition) is 1. The molecule has 6 heteroatoms. The standard InChI is InChI=1S/C12H18N2O3S/c1-5-6-14(3)11-8(12(16)17-4)9(13)10(18-11)7(2)15/h5-6,13H2,1-4H3. The Balaban J connectivity index is 3.35. The van der Waals surface area contributed by atoms with E-state index < -0.39 is 5.97 Å². The van der Waals surface area contributed by atoms with E-state index in [-0.39, 0.29) is 11.5 Å². The van der Waals surface area contributed by atoms with Crippen molar-refractivity contribution in [2.24, 2.45) is 0 Å². The molecule has 0 fully saturated rings. The Bertz CT molecular complexity index is 468. The third-order valence-corrected chi connectivity index (χ3v) is 3.96. The molecule has 0 saturated heterocycles. The van der Waals surface area contributed by atoms with Crippen LogP contribution in [-0.2, 0) is 4.74 Å². The summed E-state index contributed by atoms with van der Waals surface area (Å²) in [5.74, 6) is -0.645. The first kappa shape index (κ1) is 14.5. The van der Waals surface area contributed by atoms with Gasteiger partial charge in [-0.3, -0.25) is 4.79 Å². The lowest BCUT2D eigenvalue weighted by Gasteiger charge is -2.17. The number of rotatable bonds is 5. The maximum Gasteiger partial charge on any atom is 0.343 e. The second kappa shape index (κ2) is 5.86. The first-order chi connectivity index (χ1) is 8.43. The number of nitrogens with zero attached hydrogens (tertiary/aromatic N) is 1. The Morgan fingerprint density at radius 2 is 2.06 bits per heavy atom. The van der Waals surface area contributed by atoms with Gasteiger partial charge in [0.25, 0.3) is 0 Å². The van der Waals surface area contributed by atoms with E-state index >= 15 is 0 Å². The number of nitrogens with two attached hydrogens (primary N) is 1. The number of carbonyl (C=O) groups is 2.